The molecule has 1 spiro atoms. The first-order valence-corrected chi connectivity index (χ1v) is 28.7. The standard InChI is InChI=1S/C54H64BrN10O5P/c1-4-34-31-42(59-53-56-33-39(55)50(61-53)58-41-14-13-40-38(12-11-36(5-2)57-40)49(41)71(69)29-6-7-30-71)46(70-3)32-45(34)64-23-18-37(19-24-64)63-27-25-62(26-28-63)22-17-35-9-8-10-43-48(35)54(20-21-54)52(68)65(43)44-15-16-47(66)60-51(44)67/h8-14,31-33,37,44H,4-7,15-30H2,1-3H3,(H,60,66,67)(H2,56,58,59,61). The quantitative estimate of drug-likeness (QED) is 0.0721. The Kier molecular flexibility index (Phi) is 13.2. The number of aryl methyl sites for hydroxylation is 2. The minimum atomic E-state index is -2.64. The number of methoxy groups -OCH3 is 1. The van der Waals surface area contributed by atoms with Crippen LogP contribution in [0, 0.1) is 0 Å². The number of fused-ring (bicyclic) bond motifs is 3. The summed E-state index contributed by atoms with van der Waals surface area (Å²) in [5, 5.41) is 11.3. The minimum absolute atomic E-state index is 0.0272. The number of halogens is 1. The smallest absolute Gasteiger partial charge is 0.249 e. The van der Waals surface area contributed by atoms with Crippen molar-refractivity contribution < 1.29 is 23.7 Å². The molecule has 71 heavy (non-hydrogen) atoms. The molecule has 7 heterocycles. The van der Waals surface area contributed by atoms with Gasteiger partial charge in [0.1, 0.15) is 24.8 Å². The summed E-state index contributed by atoms with van der Waals surface area (Å²) in [7, 11) is -0.940. The Morgan fingerprint density at radius 1 is 0.859 bits per heavy atom. The number of nitrogens with one attached hydrogen (secondary N) is 3. The molecule has 1 saturated carbocycles. The van der Waals surface area contributed by atoms with Gasteiger partial charge in [-0.25, -0.2) is 4.98 Å². The third kappa shape index (κ3) is 9.01. The van der Waals surface area contributed by atoms with E-state index in [4.69, 9.17) is 14.7 Å². The second-order valence-electron chi connectivity index (χ2n) is 20.3. The molecule has 5 aromatic rings. The number of anilines is 6. The number of imide groups is 1. The van der Waals surface area contributed by atoms with Gasteiger partial charge in [0.2, 0.25) is 23.7 Å². The summed E-state index contributed by atoms with van der Waals surface area (Å²) in [5.74, 6) is 1.10. The molecule has 17 heteroatoms. The molecule has 6 aliphatic rings. The first kappa shape index (κ1) is 47.9. The van der Waals surface area contributed by atoms with Crippen LogP contribution in [-0.4, -0.2) is 120 Å². The van der Waals surface area contributed by atoms with E-state index in [0.29, 0.717) is 41.0 Å². The van der Waals surface area contributed by atoms with Crippen molar-refractivity contribution in [1.82, 2.24) is 30.1 Å². The lowest BCUT2D eigenvalue weighted by atomic mass is 9.91. The van der Waals surface area contributed by atoms with Crippen molar-refractivity contribution in [3.63, 3.8) is 0 Å². The van der Waals surface area contributed by atoms with Crippen molar-refractivity contribution in [2.75, 3.05) is 85.7 Å². The monoisotopic (exact) mass is 1040 g/mol. The third-order valence-corrected chi connectivity index (χ3v) is 20.1. The van der Waals surface area contributed by atoms with Crippen LogP contribution >= 0.6 is 23.1 Å². The van der Waals surface area contributed by atoms with Crippen molar-refractivity contribution in [3.8, 4) is 5.75 Å². The molecule has 15 nitrogen and oxygen atoms in total. The number of rotatable bonds is 14. The maximum absolute atomic E-state index is 14.5. The Balaban J connectivity index is 0.719. The number of carbonyl (C=O) groups is 3. The van der Waals surface area contributed by atoms with Crippen molar-refractivity contribution in [3.05, 3.63) is 87.7 Å². The number of amides is 3. The van der Waals surface area contributed by atoms with Crippen LogP contribution < -0.4 is 35.8 Å². The molecule has 4 saturated heterocycles. The maximum atomic E-state index is 14.5. The third-order valence-electron chi connectivity index (χ3n) is 16.2. The van der Waals surface area contributed by atoms with Crippen LogP contribution in [-0.2, 0) is 43.6 Å². The zero-order valence-electron chi connectivity index (χ0n) is 41.1. The summed E-state index contributed by atoms with van der Waals surface area (Å²) in [6, 6.07) is 18.6. The number of hydrogen-bond acceptors (Lipinski definition) is 13. The summed E-state index contributed by atoms with van der Waals surface area (Å²) in [6.07, 6.45) is 12.0. The lowest BCUT2D eigenvalue weighted by Gasteiger charge is -2.43. The summed E-state index contributed by atoms with van der Waals surface area (Å²) in [6.45, 7) is 11.2. The van der Waals surface area contributed by atoms with E-state index in [-0.39, 0.29) is 24.1 Å². The molecular weight excluding hydrogens is 980 g/mol. The largest absolute Gasteiger partial charge is 0.494 e. The Hall–Kier alpha value is -5.41. The SMILES string of the molecule is CCc1ccc2c(P3(=O)CCCC3)c(Nc3nc(Nc4cc(CC)c(N5CCC(N6CCN(CCc7cccc8c7C7(CC7)C(=O)N8C7CCC(=O)NC7=O)CC6)CC5)cc4OC)ncc3Br)ccc2n1. The number of nitrogens with zero attached hydrogens (tertiary/aromatic N) is 7. The predicted molar refractivity (Wildman–Crippen MR) is 284 cm³/mol. The molecule has 5 fully saturated rings. The number of pyridine rings is 1. The number of piperazine rings is 1. The molecule has 5 aliphatic heterocycles. The van der Waals surface area contributed by atoms with Gasteiger partial charge in [-0.2, -0.15) is 4.98 Å². The number of aromatic nitrogens is 3. The minimum Gasteiger partial charge on any atom is -0.494 e. The van der Waals surface area contributed by atoms with Gasteiger partial charge in [-0.3, -0.25) is 34.5 Å². The van der Waals surface area contributed by atoms with Gasteiger partial charge in [0.25, 0.3) is 0 Å². The van der Waals surface area contributed by atoms with Gasteiger partial charge < -0.3 is 29.7 Å². The second-order valence-corrected chi connectivity index (χ2v) is 24.3. The highest BCUT2D eigenvalue weighted by atomic mass is 79.9. The fraction of sp³-hybridized carbons (Fsp3) is 0.481. The van der Waals surface area contributed by atoms with E-state index in [1.807, 2.05) is 30.3 Å². The number of benzene rings is 3. The number of piperidine rings is 2. The van der Waals surface area contributed by atoms with Crippen LogP contribution in [0.25, 0.3) is 10.9 Å². The lowest BCUT2D eigenvalue weighted by Crippen LogP contribution is -2.54. The molecule has 1 atom stereocenters. The van der Waals surface area contributed by atoms with Crippen LogP contribution in [0.3, 0.4) is 0 Å². The lowest BCUT2D eigenvalue weighted by molar-refractivity contribution is -0.135. The molecule has 0 bridgehead atoms. The average molecular weight is 1040 g/mol. The van der Waals surface area contributed by atoms with Gasteiger partial charge in [-0.1, -0.05) is 32.0 Å². The van der Waals surface area contributed by atoms with Crippen LogP contribution in [0.5, 0.6) is 5.75 Å². The van der Waals surface area contributed by atoms with E-state index in [0.717, 1.165) is 154 Å². The Morgan fingerprint density at radius 2 is 1.65 bits per heavy atom. The van der Waals surface area contributed by atoms with Gasteiger partial charge in [0.05, 0.1) is 33.9 Å². The predicted octanol–water partition coefficient (Wildman–Crippen LogP) is 8.20. The molecule has 372 valence electrons. The van der Waals surface area contributed by atoms with Gasteiger partial charge in [-0.15, -0.1) is 0 Å². The highest BCUT2D eigenvalue weighted by Gasteiger charge is 2.62. The molecular formula is C54H64BrN10O5P. The van der Waals surface area contributed by atoms with Crippen LogP contribution in [0.1, 0.15) is 87.6 Å². The van der Waals surface area contributed by atoms with E-state index in [1.54, 1.807) is 18.2 Å². The zero-order valence-corrected chi connectivity index (χ0v) is 43.5. The van der Waals surface area contributed by atoms with E-state index >= 15 is 0 Å². The Bertz CT molecular complexity index is 2960. The summed E-state index contributed by atoms with van der Waals surface area (Å²) in [5.41, 5.74) is 8.57. The fourth-order valence-corrected chi connectivity index (χ4v) is 15.8. The van der Waals surface area contributed by atoms with E-state index < -0.39 is 18.6 Å². The maximum Gasteiger partial charge on any atom is 0.249 e. The average Bonchev–Trinajstić information content (AvgIpc) is 4.01. The van der Waals surface area contributed by atoms with Crippen LogP contribution in [0.15, 0.2) is 65.3 Å². The van der Waals surface area contributed by atoms with Gasteiger partial charge >= 0.3 is 0 Å². The molecule has 3 N–H and O–H groups in total. The zero-order chi connectivity index (χ0) is 49.0. The number of carbonyl (C=O) groups excluding carboxylic acids is 3. The highest BCUT2D eigenvalue weighted by molar-refractivity contribution is 9.10. The molecule has 3 amide bonds. The topological polar surface area (TPSA) is 165 Å². The molecule has 2 aromatic heterocycles. The van der Waals surface area contributed by atoms with Crippen molar-refractivity contribution in [2.24, 2.45) is 0 Å². The van der Waals surface area contributed by atoms with Crippen molar-refractivity contribution >= 4 is 91.5 Å². The van der Waals surface area contributed by atoms with E-state index in [2.05, 4.69) is 89.7 Å². The first-order valence-electron chi connectivity index (χ1n) is 25.8. The van der Waals surface area contributed by atoms with Crippen LogP contribution in [0.4, 0.5) is 34.5 Å². The summed E-state index contributed by atoms with van der Waals surface area (Å²) < 4.78 is 21.3. The van der Waals surface area contributed by atoms with Crippen molar-refractivity contribution in [2.45, 2.75) is 102 Å². The van der Waals surface area contributed by atoms with Gasteiger partial charge in [-0.05, 0) is 127 Å². The van der Waals surface area contributed by atoms with Crippen molar-refractivity contribution in [1.29, 1.82) is 0 Å². The number of ether oxygens (including phenoxy) is 1. The fourth-order valence-electron chi connectivity index (χ4n) is 12.2. The first-order chi connectivity index (χ1) is 34.5. The highest BCUT2D eigenvalue weighted by Crippen LogP contribution is 2.59. The summed E-state index contributed by atoms with van der Waals surface area (Å²) in [4.78, 5) is 62.7. The normalized spacial score (nSPS) is 21.2. The van der Waals surface area contributed by atoms with Gasteiger partial charge in [0.15, 0.2) is 0 Å². The van der Waals surface area contributed by atoms with Crippen LogP contribution in [0.2, 0.25) is 0 Å². The van der Waals surface area contributed by atoms with E-state index in [1.165, 1.54) is 16.8 Å². The van der Waals surface area contributed by atoms with Gasteiger partial charge in [0, 0.05) is 111 Å². The molecule has 11 rings (SSSR count). The Labute approximate surface area is 424 Å². The second kappa shape index (κ2) is 19.5. The molecule has 1 unspecified atom stereocenters. The number of hydrogen-bond donors (Lipinski definition) is 3. The summed E-state index contributed by atoms with van der Waals surface area (Å²) >= 11 is 3.69. The molecule has 3 aromatic carbocycles. The molecule has 0 radical (unpaired) electrons. The molecule has 1 aliphatic carbocycles. The Morgan fingerprint density at radius 3 is 2.37 bits per heavy atom. The van der Waals surface area contributed by atoms with E-state index in [9.17, 15) is 18.9 Å².